The number of hydrogen-bond acceptors (Lipinski definition) is 8. The third kappa shape index (κ3) is 7.35. The first-order valence-corrected chi connectivity index (χ1v) is 15.4. The van der Waals surface area contributed by atoms with Crippen LogP contribution in [-0.4, -0.2) is 78.8 Å². The van der Waals surface area contributed by atoms with Crippen LogP contribution in [0.15, 0.2) is 85.1 Å². The topological polar surface area (TPSA) is 160 Å². The highest BCUT2D eigenvalue weighted by atomic mass is 16.5. The van der Waals surface area contributed by atoms with Crippen molar-refractivity contribution in [1.29, 1.82) is 0 Å². The number of aromatic nitrogens is 6. The van der Waals surface area contributed by atoms with Crippen LogP contribution in [0.2, 0.25) is 0 Å². The van der Waals surface area contributed by atoms with Crippen molar-refractivity contribution in [3.8, 4) is 28.5 Å². The monoisotopic (exact) mass is 633 g/mol. The van der Waals surface area contributed by atoms with Crippen molar-refractivity contribution < 1.29 is 19.1 Å². The number of pyridine rings is 1. The molecule has 3 N–H and O–H groups in total. The van der Waals surface area contributed by atoms with Crippen LogP contribution in [0.5, 0.6) is 5.75 Å². The van der Waals surface area contributed by atoms with E-state index in [0.717, 1.165) is 5.56 Å². The molecule has 240 valence electrons. The van der Waals surface area contributed by atoms with Gasteiger partial charge in [0.15, 0.2) is 11.6 Å². The van der Waals surface area contributed by atoms with Crippen LogP contribution in [0.4, 0.5) is 0 Å². The highest BCUT2D eigenvalue weighted by Gasteiger charge is 2.28. The quantitative estimate of drug-likeness (QED) is 0.271. The normalized spacial score (nSPS) is 16.1. The Kier molecular flexibility index (Phi) is 9.32. The minimum Gasteiger partial charge on any atom is -0.492 e. The molecule has 0 unspecified atom stereocenters. The lowest BCUT2D eigenvalue weighted by Gasteiger charge is -2.26. The maximum atomic E-state index is 13.8. The molecule has 2 bridgehead atoms. The van der Waals surface area contributed by atoms with Gasteiger partial charge in [-0.1, -0.05) is 56.3 Å². The molecular formula is C34H35N9O4. The lowest BCUT2D eigenvalue weighted by molar-refractivity contribution is -0.123. The maximum absolute atomic E-state index is 13.8. The molecule has 5 aromatic rings. The molecule has 0 fully saturated rings. The van der Waals surface area contributed by atoms with Gasteiger partial charge in [-0.15, -0.1) is 0 Å². The van der Waals surface area contributed by atoms with Gasteiger partial charge in [0.25, 0.3) is 11.8 Å². The summed E-state index contributed by atoms with van der Waals surface area (Å²) in [6.45, 7) is 4.46. The van der Waals surface area contributed by atoms with E-state index in [9.17, 15) is 14.4 Å². The molecule has 0 spiro atoms. The number of rotatable bonds is 4. The number of nitrogens with one attached hydrogen (secondary N) is 3. The molecule has 0 aliphatic carbocycles. The Balaban J connectivity index is 1.32. The summed E-state index contributed by atoms with van der Waals surface area (Å²) in [4.78, 5) is 51.0. The van der Waals surface area contributed by atoms with Crippen molar-refractivity contribution in [2.45, 2.75) is 26.4 Å². The van der Waals surface area contributed by atoms with E-state index in [0.29, 0.717) is 40.9 Å². The van der Waals surface area contributed by atoms with Gasteiger partial charge in [0.1, 0.15) is 23.7 Å². The first-order chi connectivity index (χ1) is 22.9. The lowest BCUT2D eigenvalue weighted by atomic mass is 10.0. The number of benzene rings is 2. The number of aromatic amines is 1. The van der Waals surface area contributed by atoms with Crippen LogP contribution in [0, 0.1) is 5.92 Å². The molecule has 13 nitrogen and oxygen atoms in total. The van der Waals surface area contributed by atoms with Gasteiger partial charge in [-0.3, -0.25) is 24.5 Å². The van der Waals surface area contributed by atoms with Crippen LogP contribution >= 0.6 is 0 Å². The fraction of sp³-hybridized carbons (Fsp3) is 0.265. The number of amides is 3. The number of carbonyl (C=O) groups excluding carboxylic acids is 3. The fourth-order valence-electron chi connectivity index (χ4n) is 5.26. The van der Waals surface area contributed by atoms with Gasteiger partial charge < -0.3 is 20.3 Å². The van der Waals surface area contributed by atoms with Gasteiger partial charge in [-0.2, -0.15) is 10.2 Å². The Morgan fingerprint density at radius 2 is 1.74 bits per heavy atom. The van der Waals surface area contributed by atoms with E-state index in [-0.39, 0.29) is 43.8 Å². The molecule has 2 aromatic carbocycles. The first-order valence-electron chi connectivity index (χ1n) is 15.4. The molecule has 0 saturated carbocycles. The van der Waals surface area contributed by atoms with E-state index in [1.54, 1.807) is 53.3 Å². The van der Waals surface area contributed by atoms with Crippen LogP contribution in [-0.2, 0) is 11.3 Å². The van der Waals surface area contributed by atoms with Gasteiger partial charge in [-0.05, 0) is 42.3 Å². The molecular weight excluding hydrogens is 598 g/mol. The summed E-state index contributed by atoms with van der Waals surface area (Å²) < 4.78 is 7.76. The largest absolute Gasteiger partial charge is 0.492 e. The lowest BCUT2D eigenvalue weighted by Crippen LogP contribution is -2.46. The van der Waals surface area contributed by atoms with Crippen molar-refractivity contribution in [3.05, 3.63) is 102 Å². The van der Waals surface area contributed by atoms with Crippen molar-refractivity contribution in [2.75, 3.05) is 26.2 Å². The number of fused-ring (bicyclic) bond motifs is 3. The summed E-state index contributed by atoms with van der Waals surface area (Å²) in [6, 6.07) is 23.0. The van der Waals surface area contributed by atoms with Crippen LogP contribution in [0.1, 0.15) is 46.6 Å². The summed E-state index contributed by atoms with van der Waals surface area (Å²) in [5.41, 5.74) is 2.52. The second-order valence-electron chi connectivity index (χ2n) is 11.4. The van der Waals surface area contributed by atoms with Crippen LogP contribution in [0.25, 0.3) is 22.8 Å². The second kappa shape index (κ2) is 14.1. The molecule has 1 aliphatic rings. The summed E-state index contributed by atoms with van der Waals surface area (Å²) >= 11 is 0. The smallest absolute Gasteiger partial charge is 0.272 e. The SMILES string of the molecule is CC(C)[C@@H]1NC(=O)CN(C(=O)c2cc(-c3ccccn3)n[nH]2)CCNC(=O)c2cccc(c2)OCCn2nc(-c3ccccc3)nc21. The zero-order valence-corrected chi connectivity index (χ0v) is 26.1. The Morgan fingerprint density at radius 3 is 2.53 bits per heavy atom. The molecule has 3 aromatic heterocycles. The first kappa shape index (κ1) is 31.1. The minimum atomic E-state index is -0.522. The third-order valence-electron chi connectivity index (χ3n) is 7.69. The zero-order valence-electron chi connectivity index (χ0n) is 26.1. The third-order valence-corrected chi connectivity index (χ3v) is 7.69. The van der Waals surface area contributed by atoms with Crippen LogP contribution < -0.4 is 15.4 Å². The van der Waals surface area contributed by atoms with Gasteiger partial charge in [0.2, 0.25) is 5.91 Å². The van der Waals surface area contributed by atoms with Gasteiger partial charge >= 0.3 is 0 Å². The number of nitrogens with zero attached hydrogens (tertiary/aromatic N) is 6. The standard InChI is InChI=1S/C34H35N9O4/c1-22(2)30-32-38-31(23-9-4-3-5-10-23)41-43(32)17-18-47-25-12-8-11-24(19-25)33(45)36-15-16-42(21-29(44)37-30)34(46)28-20-27(39-40-28)26-13-6-7-14-35-26/h3-14,19-20,22,30H,15-18,21H2,1-2H3,(H,36,45)(H,37,44)(H,39,40)/t30-/m0/s1. The number of carbonyl (C=O) groups is 3. The second-order valence-corrected chi connectivity index (χ2v) is 11.4. The summed E-state index contributed by atoms with van der Waals surface area (Å²) in [5.74, 6) is 0.374. The Labute approximate surface area is 271 Å². The Morgan fingerprint density at radius 1 is 0.936 bits per heavy atom. The molecule has 1 aliphatic heterocycles. The van der Waals surface area contributed by atoms with Crippen molar-refractivity contribution in [2.24, 2.45) is 5.92 Å². The van der Waals surface area contributed by atoms with Gasteiger partial charge in [0.05, 0.1) is 24.8 Å². The predicted octanol–water partition coefficient (Wildman–Crippen LogP) is 3.51. The molecule has 0 radical (unpaired) electrons. The molecule has 0 saturated heterocycles. The molecule has 4 heterocycles. The van der Waals surface area contributed by atoms with Crippen LogP contribution in [0.3, 0.4) is 0 Å². The highest BCUT2D eigenvalue weighted by Crippen LogP contribution is 2.25. The maximum Gasteiger partial charge on any atom is 0.272 e. The zero-order chi connectivity index (χ0) is 32.8. The summed E-state index contributed by atoms with van der Waals surface area (Å²) in [7, 11) is 0. The van der Waals surface area contributed by atoms with Gasteiger partial charge in [0, 0.05) is 30.4 Å². The molecule has 13 heteroatoms. The van der Waals surface area contributed by atoms with Crippen molar-refractivity contribution in [3.63, 3.8) is 0 Å². The van der Waals surface area contributed by atoms with Crippen molar-refractivity contribution in [1.82, 2.24) is 45.5 Å². The van der Waals surface area contributed by atoms with Gasteiger partial charge in [-0.25, -0.2) is 9.67 Å². The summed E-state index contributed by atoms with van der Waals surface area (Å²) in [6.07, 6.45) is 1.64. The van der Waals surface area contributed by atoms with E-state index in [4.69, 9.17) is 14.8 Å². The number of hydrogen-bond donors (Lipinski definition) is 3. The molecule has 3 amide bonds. The number of ether oxygens (including phenoxy) is 1. The highest BCUT2D eigenvalue weighted by molar-refractivity contribution is 5.96. The van der Waals surface area contributed by atoms with E-state index in [2.05, 4.69) is 25.8 Å². The van der Waals surface area contributed by atoms with E-state index >= 15 is 0 Å². The van der Waals surface area contributed by atoms with E-state index in [1.165, 1.54) is 4.90 Å². The number of H-pyrrole nitrogens is 1. The predicted molar refractivity (Wildman–Crippen MR) is 173 cm³/mol. The van der Waals surface area contributed by atoms with E-state index in [1.807, 2.05) is 50.2 Å². The Hall–Kier alpha value is -5.85. The van der Waals surface area contributed by atoms with E-state index < -0.39 is 17.9 Å². The Bertz CT molecular complexity index is 1850. The molecule has 6 rings (SSSR count). The average Bonchev–Trinajstić information content (AvgIpc) is 3.75. The average molecular weight is 634 g/mol. The summed E-state index contributed by atoms with van der Waals surface area (Å²) in [5, 5.41) is 17.8. The molecule has 1 atom stereocenters. The fourth-order valence-corrected chi connectivity index (χ4v) is 5.26. The molecule has 47 heavy (non-hydrogen) atoms. The van der Waals surface area contributed by atoms with Crippen molar-refractivity contribution >= 4 is 17.7 Å². The minimum absolute atomic E-state index is 0.0623.